The number of nitrogens with zero attached hydrogens (tertiary/aromatic N) is 1. The lowest BCUT2D eigenvalue weighted by molar-refractivity contribution is -0.130. The lowest BCUT2D eigenvalue weighted by Gasteiger charge is -2.16. The highest BCUT2D eigenvalue weighted by molar-refractivity contribution is 5.76. The first-order chi connectivity index (χ1) is 5.65. The van der Waals surface area contributed by atoms with Crippen LogP contribution < -0.4 is 0 Å². The summed E-state index contributed by atoms with van der Waals surface area (Å²) in [5.74, 6) is 0.244. The molecular formula is C10H17NO. The summed E-state index contributed by atoms with van der Waals surface area (Å²) in [4.78, 5) is 13.0. The van der Waals surface area contributed by atoms with Gasteiger partial charge in [-0.05, 0) is 6.92 Å². The molecule has 0 aliphatic carbocycles. The molecule has 0 N–H and O–H groups in total. The molecule has 68 valence electrons. The van der Waals surface area contributed by atoms with Crippen LogP contribution in [0.2, 0.25) is 0 Å². The summed E-state index contributed by atoms with van der Waals surface area (Å²) in [6.07, 6.45) is 3.97. The smallest absolute Gasteiger partial charge is 0.223 e. The van der Waals surface area contributed by atoms with E-state index in [0.717, 1.165) is 6.54 Å². The van der Waals surface area contributed by atoms with E-state index < -0.39 is 0 Å². The monoisotopic (exact) mass is 167 g/mol. The zero-order chi connectivity index (χ0) is 9.56. The van der Waals surface area contributed by atoms with Crippen LogP contribution in [0, 0.1) is 5.92 Å². The number of hydrogen-bond acceptors (Lipinski definition) is 1. The summed E-state index contributed by atoms with van der Waals surface area (Å²) in [5, 5.41) is 0. The summed E-state index contributed by atoms with van der Waals surface area (Å²) in [6, 6.07) is 0. The Morgan fingerprint density at radius 1 is 1.50 bits per heavy atom. The van der Waals surface area contributed by atoms with Gasteiger partial charge in [0, 0.05) is 25.9 Å². The van der Waals surface area contributed by atoms with Crippen LogP contribution in [-0.4, -0.2) is 24.4 Å². The second kappa shape index (κ2) is 5.58. The first-order valence-corrected chi connectivity index (χ1v) is 4.14. The van der Waals surface area contributed by atoms with Gasteiger partial charge < -0.3 is 4.90 Å². The summed E-state index contributed by atoms with van der Waals surface area (Å²) in [6.45, 7) is 9.96. The zero-order valence-corrected chi connectivity index (χ0v) is 7.92. The third kappa shape index (κ3) is 3.37. The van der Waals surface area contributed by atoms with Crippen LogP contribution in [0.3, 0.4) is 0 Å². The molecular weight excluding hydrogens is 150 g/mol. The van der Waals surface area contributed by atoms with Crippen molar-refractivity contribution >= 4 is 5.91 Å². The molecule has 0 aromatic carbocycles. The van der Waals surface area contributed by atoms with Crippen molar-refractivity contribution in [2.45, 2.75) is 13.3 Å². The normalized spacial score (nSPS) is 9.58. The molecule has 0 spiro atoms. The van der Waals surface area contributed by atoms with E-state index in [2.05, 4.69) is 13.2 Å². The maximum absolute atomic E-state index is 11.3. The number of carbonyl (C=O) groups excluding carboxylic acids is 1. The van der Waals surface area contributed by atoms with Gasteiger partial charge in [-0.3, -0.25) is 4.79 Å². The van der Waals surface area contributed by atoms with Crippen LogP contribution >= 0.6 is 0 Å². The van der Waals surface area contributed by atoms with Gasteiger partial charge in [0.1, 0.15) is 0 Å². The van der Waals surface area contributed by atoms with E-state index >= 15 is 0 Å². The maximum Gasteiger partial charge on any atom is 0.223 e. The van der Waals surface area contributed by atoms with Crippen LogP contribution in [0.15, 0.2) is 25.3 Å². The van der Waals surface area contributed by atoms with E-state index in [-0.39, 0.29) is 11.8 Å². The summed E-state index contributed by atoms with van der Waals surface area (Å²) >= 11 is 0. The number of carbonyl (C=O) groups is 1. The lowest BCUT2D eigenvalue weighted by atomic mass is 10.1. The van der Waals surface area contributed by atoms with Gasteiger partial charge in [0.25, 0.3) is 0 Å². The predicted octanol–water partition coefficient (Wildman–Crippen LogP) is 1.84. The molecule has 0 aromatic rings. The van der Waals surface area contributed by atoms with E-state index in [4.69, 9.17) is 0 Å². The highest BCUT2D eigenvalue weighted by atomic mass is 16.2. The third-order valence-electron chi connectivity index (χ3n) is 1.92. The van der Waals surface area contributed by atoms with E-state index in [1.165, 1.54) is 0 Å². The summed E-state index contributed by atoms with van der Waals surface area (Å²) < 4.78 is 0. The van der Waals surface area contributed by atoms with Crippen molar-refractivity contribution in [3.63, 3.8) is 0 Å². The third-order valence-corrected chi connectivity index (χ3v) is 1.92. The Morgan fingerprint density at radius 2 is 2.00 bits per heavy atom. The van der Waals surface area contributed by atoms with Crippen molar-refractivity contribution in [3.8, 4) is 0 Å². The van der Waals surface area contributed by atoms with Crippen LogP contribution in [0.4, 0.5) is 0 Å². The molecule has 2 nitrogen and oxygen atoms in total. The minimum absolute atomic E-state index is 0.103. The molecule has 0 unspecified atom stereocenters. The number of allylic oxidation sites excluding steroid dienone is 2. The molecule has 0 atom stereocenters. The summed E-state index contributed by atoms with van der Waals surface area (Å²) in [5.41, 5.74) is 0. The largest absolute Gasteiger partial charge is 0.346 e. The minimum Gasteiger partial charge on any atom is -0.346 e. The van der Waals surface area contributed by atoms with Crippen LogP contribution in [0.1, 0.15) is 13.3 Å². The molecule has 0 saturated carbocycles. The molecule has 1 amide bonds. The Morgan fingerprint density at radius 3 is 2.33 bits per heavy atom. The molecule has 0 radical (unpaired) electrons. The highest BCUT2D eigenvalue weighted by Gasteiger charge is 2.09. The van der Waals surface area contributed by atoms with Crippen molar-refractivity contribution < 1.29 is 4.79 Å². The highest BCUT2D eigenvalue weighted by Crippen LogP contribution is 2.06. The Labute approximate surface area is 74.6 Å². The molecule has 0 rings (SSSR count). The molecule has 2 heteroatoms. The molecule has 0 fully saturated rings. The Bertz CT molecular complexity index is 167. The van der Waals surface area contributed by atoms with Gasteiger partial charge in [-0.25, -0.2) is 0 Å². The molecule has 0 saturated heterocycles. The van der Waals surface area contributed by atoms with E-state index in [9.17, 15) is 4.79 Å². The first-order valence-electron chi connectivity index (χ1n) is 4.14. The Kier molecular flexibility index (Phi) is 5.09. The quantitative estimate of drug-likeness (QED) is 0.572. The van der Waals surface area contributed by atoms with Gasteiger partial charge in [0.05, 0.1) is 0 Å². The SMILES string of the molecule is C=CC(C=C)CC(=O)N(C)CC. The minimum atomic E-state index is 0.103. The lowest BCUT2D eigenvalue weighted by Crippen LogP contribution is -2.27. The van der Waals surface area contributed by atoms with Crippen LogP contribution in [0.5, 0.6) is 0 Å². The van der Waals surface area contributed by atoms with Gasteiger partial charge >= 0.3 is 0 Å². The average molecular weight is 167 g/mol. The first kappa shape index (κ1) is 11.0. The average Bonchev–Trinajstić information content (AvgIpc) is 2.12. The topological polar surface area (TPSA) is 20.3 Å². The van der Waals surface area contributed by atoms with Gasteiger partial charge in [-0.1, -0.05) is 12.2 Å². The second-order valence-corrected chi connectivity index (χ2v) is 2.75. The van der Waals surface area contributed by atoms with Gasteiger partial charge in [-0.15, -0.1) is 13.2 Å². The Balaban J connectivity index is 3.97. The molecule has 0 aliphatic rings. The molecule has 0 bridgehead atoms. The fourth-order valence-electron chi connectivity index (χ4n) is 0.797. The maximum atomic E-state index is 11.3. The van der Waals surface area contributed by atoms with Crippen LogP contribution in [0.25, 0.3) is 0 Å². The Hall–Kier alpha value is -1.05. The molecule has 0 aliphatic heterocycles. The molecule has 0 heterocycles. The van der Waals surface area contributed by atoms with Gasteiger partial charge in [0.15, 0.2) is 0 Å². The van der Waals surface area contributed by atoms with Crippen molar-refractivity contribution in [2.24, 2.45) is 5.92 Å². The van der Waals surface area contributed by atoms with Crippen molar-refractivity contribution in [2.75, 3.05) is 13.6 Å². The summed E-state index contributed by atoms with van der Waals surface area (Å²) in [7, 11) is 1.80. The number of rotatable bonds is 5. The van der Waals surface area contributed by atoms with E-state index in [0.29, 0.717) is 6.42 Å². The van der Waals surface area contributed by atoms with Crippen molar-refractivity contribution in [1.29, 1.82) is 0 Å². The fourth-order valence-corrected chi connectivity index (χ4v) is 0.797. The molecule has 12 heavy (non-hydrogen) atoms. The van der Waals surface area contributed by atoms with Crippen molar-refractivity contribution in [1.82, 2.24) is 4.90 Å². The molecule has 0 aromatic heterocycles. The van der Waals surface area contributed by atoms with E-state index in [1.54, 1.807) is 24.1 Å². The second-order valence-electron chi connectivity index (χ2n) is 2.75. The number of hydrogen-bond donors (Lipinski definition) is 0. The van der Waals surface area contributed by atoms with Crippen LogP contribution in [-0.2, 0) is 4.79 Å². The van der Waals surface area contributed by atoms with E-state index in [1.807, 2.05) is 6.92 Å². The zero-order valence-electron chi connectivity index (χ0n) is 7.92. The standard InChI is InChI=1S/C10H17NO/c1-5-9(6-2)8-10(12)11(4)7-3/h5-6,9H,1-2,7-8H2,3-4H3. The van der Waals surface area contributed by atoms with Gasteiger partial charge in [0.2, 0.25) is 5.91 Å². The fraction of sp³-hybridized carbons (Fsp3) is 0.500. The number of amides is 1. The predicted molar refractivity (Wildman–Crippen MR) is 51.8 cm³/mol. The van der Waals surface area contributed by atoms with Gasteiger partial charge in [-0.2, -0.15) is 0 Å². The van der Waals surface area contributed by atoms with Crippen molar-refractivity contribution in [3.05, 3.63) is 25.3 Å².